The fourth-order valence-corrected chi connectivity index (χ4v) is 4.49. The van der Waals surface area contributed by atoms with E-state index in [0.717, 1.165) is 21.2 Å². The molecule has 0 heterocycles. The summed E-state index contributed by atoms with van der Waals surface area (Å²) in [6.07, 6.45) is -2.04. The van der Waals surface area contributed by atoms with E-state index in [4.69, 9.17) is 14.2 Å². The van der Waals surface area contributed by atoms with Crippen LogP contribution >= 0.6 is 15.9 Å². The van der Waals surface area contributed by atoms with Crippen LogP contribution in [0.4, 0.5) is 9.59 Å². The summed E-state index contributed by atoms with van der Waals surface area (Å²) >= 11 is 3.47. The van der Waals surface area contributed by atoms with Gasteiger partial charge in [-0.2, -0.15) is 0 Å². The van der Waals surface area contributed by atoms with Crippen LogP contribution in [0, 0.1) is 0 Å². The van der Waals surface area contributed by atoms with E-state index >= 15 is 0 Å². The van der Waals surface area contributed by atoms with E-state index in [1.807, 2.05) is 93.6 Å². The molecule has 8 nitrogen and oxygen atoms in total. The Bertz CT molecular complexity index is 1250. The van der Waals surface area contributed by atoms with Gasteiger partial charge in [0.15, 0.2) is 0 Å². The molecule has 214 valence electrons. The minimum absolute atomic E-state index is 0.0459. The Hall–Kier alpha value is -3.56. The van der Waals surface area contributed by atoms with Gasteiger partial charge in [0.25, 0.3) is 0 Å². The molecule has 3 rings (SSSR count). The van der Waals surface area contributed by atoms with Crippen molar-refractivity contribution in [3.05, 3.63) is 100 Å². The van der Waals surface area contributed by atoms with Crippen LogP contribution in [0.15, 0.2) is 83.3 Å². The number of ether oxygens (including phenoxy) is 3. The zero-order valence-electron chi connectivity index (χ0n) is 23.3. The number of carbonyl (C=O) groups excluding carboxylic acids is 2. The van der Waals surface area contributed by atoms with Crippen molar-refractivity contribution < 1.29 is 28.9 Å². The van der Waals surface area contributed by atoms with Gasteiger partial charge in [-0.3, -0.25) is 0 Å². The summed E-state index contributed by atoms with van der Waals surface area (Å²) in [4.78, 5) is 27.4. The minimum Gasteiger partial charge on any atom is -0.497 e. The van der Waals surface area contributed by atoms with Crippen LogP contribution in [-0.2, 0) is 29.1 Å². The summed E-state index contributed by atoms with van der Waals surface area (Å²) in [6.45, 7) is 5.64. The van der Waals surface area contributed by atoms with Gasteiger partial charge in [0.05, 0.1) is 25.8 Å². The third-order valence-electron chi connectivity index (χ3n) is 6.22. The highest BCUT2D eigenvalue weighted by atomic mass is 79.9. The molecular weight excluding hydrogens is 576 g/mol. The Labute approximate surface area is 244 Å². The number of amides is 2. The molecule has 0 saturated heterocycles. The fourth-order valence-electron chi connectivity index (χ4n) is 4.04. The van der Waals surface area contributed by atoms with Gasteiger partial charge in [-0.15, -0.1) is 0 Å². The molecule has 2 N–H and O–H groups in total. The minimum atomic E-state index is -1.12. The van der Waals surface area contributed by atoms with Crippen molar-refractivity contribution in [2.75, 3.05) is 13.7 Å². The summed E-state index contributed by atoms with van der Waals surface area (Å²) in [5.41, 5.74) is 1.85. The highest BCUT2D eigenvalue weighted by Crippen LogP contribution is 2.20. The van der Waals surface area contributed by atoms with Crippen molar-refractivity contribution in [2.24, 2.45) is 0 Å². The second-order valence-corrected chi connectivity index (χ2v) is 11.3. The molecule has 0 unspecified atom stereocenters. The molecule has 0 spiro atoms. The number of benzene rings is 3. The first kappa shape index (κ1) is 31.0. The largest absolute Gasteiger partial charge is 0.497 e. The molecule has 9 heteroatoms. The van der Waals surface area contributed by atoms with Crippen LogP contribution in [-0.4, -0.2) is 53.5 Å². The highest BCUT2D eigenvalue weighted by Gasteiger charge is 2.33. The van der Waals surface area contributed by atoms with Gasteiger partial charge < -0.3 is 29.5 Å². The SMILES string of the molecule is COc1cccc(COC(=O)N(C[C@@H](O)[C@H](Cc2cccc(Br)c2)NC(=O)OCc2ccccc2)C(C)(C)C)c1. The van der Waals surface area contributed by atoms with Gasteiger partial charge in [-0.25, -0.2) is 9.59 Å². The molecule has 0 radical (unpaired) electrons. The van der Waals surface area contributed by atoms with Gasteiger partial charge in [0, 0.05) is 10.0 Å². The van der Waals surface area contributed by atoms with Crippen LogP contribution in [0.25, 0.3) is 0 Å². The van der Waals surface area contributed by atoms with E-state index in [-0.39, 0.29) is 19.8 Å². The van der Waals surface area contributed by atoms with Crippen LogP contribution in [0.3, 0.4) is 0 Å². The van der Waals surface area contributed by atoms with E-state index in [1.54, 1.807) is 13.2 Å². The predicted molar refractivity (Wildman–Crippen MR) is 157 cm³/mol. The molecule has 0 aliphatic rings. The molecular formula is C31H37BrN2O6. The predicted octanol–water partition coefficient (Wildman–Crippen LogP) is 6.09. The van der Waals surface area contributed by atoms with Gasteiger partial charge in [-0.05, 0) is 68.1 Å². The molecule has 40 heavy (non-hydrogen) atoms. The van der Waals surface area contributed by atoms with Crippen molar-refractivity contribution >= 4 is 28.1 Å². The lowest BCUT2D eigenvalue weighted by atomic mass is 9.99. The zero-order chi connectivity index (χ0) is 29.1. The summed E-state index contributed by atoms with van der Waals surface area (Å²) < 4.78 is 17.1. The van der Waals surface area contributed by atoms with Crippen molar-refractivity contribution in [2.45, 2.75) is 58.1 Å². The maximum atomic E-state index is 13.2. The van der Waals surface area contributed by atoms with Crippen LogP contribution in [0.1, 0.15) is 37.5 Å². The second kappa shape index (κ2) is 14.7. The topological polar surface area (TPSA) is 97.3 Å². The Kier molecular flexibility index (Phi) is 11.4. The molecule has 0 aliphatic heterocycles. The van der Waals surface area contributed by atoms with Crippen LogP contribution in [0.2, 0.25) is 0 Å². The van der Waals surface area contributed by atoms with E-state index in [0.29, 0.717) is 12.2 Å². The number of methoxy groups -OCH3 is 1. The molecule has 0 aliphatic carbocycles. The third-order valence-corrected chi connectivity index (χ3v) is 6.71. The van der Waals surface area contributed by atoms with Crippen molar-refractivity contribution in [1.82, 2.24) is 10.2 Å². The molecule has 0 bridgehead atoms. The Balaban J connectivity index is 1.72. The lowest BCUT2D eigenvalue weighted by Crippen LogP contribution is -2.55. The van der Waals surface area contributed by atoms with Crippen molar-refractivity contribution in [1.29, 1.82) is 0 Å². The number of nitrogens with one attached hydrogen (secondary N) is 1. The van der Waals surface area contributed by atoms with E-state index in [1.165, 1.54) is 4.90 Å². The maximum absolute atomic E-state index is 13.2. The molecule has 2 atom stereocenters. The summed E-state index contributed by atoms with van der Waals surface area (Å²) in [5, 5.41) is 14.2. The number of β-amino-alcohol motifs (C(OH)–C–C–N with tert-alkyl or cyclic N) is 1. The van der Waals surface area contributed by atoms with Crippen LogP contribution in [0.5, 0.6) is 5.75 Å². The number of hydrogen-bond acceptors (Lipinski definition) is 6. The summed E-state index contributed by atoms with van der Waals surface area (Å²) in [5.74, 6) is 0.664. The molecule has 0 saturated carbocycles. The normalized spacial score (nSPS) is 12.7. The van der Waals surface area contributed by atoms with Gasteiger partial charge in [0.1, 0.15) is 19.0 Å². The Morgan fingerprint density at radius 2 is 1.55 bits per heavy atom. The average Bonchev–Trinajstić information content (AvgIpc) is 2.93. The van der Waals surface area contributed by atoms with Gasteiger partial charge in [0.2, 0.25) is 0 Å². The lowest BCUT2D eigenvalue weighted by Gasteiger charge is -2.37. The van der Waals surface area contributed by atoms with Crippen molar-refractivity contribution in [3.63, 3.8) is 0 Å². The number of rotatable bonds is 11. The van der Waals surface area contributed by atoms with E-state index in [9.17, 15) is 14.7 Å². The number of aliphatic hydroxyl groups excluding tert-OH is 1. The smallest absolute Gasteiger partial charge is 0.410 e. The van der Waals surface area contributed by atoms with Crippen molar-refractivity contribution in [3.8, 4) is 5.75 Å². The van der Waals surface area contributed by atoms with Gasteiger partial charge in [-0.1, -0.05) is 70.5 Å². The maximum Gasteiger partial charge on any atom is 0.410 e. The third kappa shape index (κ3) is 9.88. The second-order valence-electron chi connectivity index (χ2n) is 10.4. The summed E-state index contributed by atoms with van der Waals surface area (Å²) in [7, 11) is 1.57. The number of alkyl carbamates (subject to hydrolysis) is 1. The monoisotopic (exact) mass is 612 g/mol. The standard InChI is InChI=1S/C31H37BrN2O6/c1-31(2,3)34(30(37)40-21-24-13-9-15-26(17-24)38-4)19-28(35)27(18-23-12-8-14-25(32)16-23)33-29(36)39-20-22-10-6-5-7-11-22/h5-17,27-28,35H,18-21H2,1-4H3,(H,33,36)/t27-,28+/m0/s1. The van der Waals surface area contributed by atoms with Gasteiger partial charge >= 0.3 is 12.2 Å². The fraction of sp³-hybridized carbons (Fsp3) is 0.355. The number of hydrogen-bond donors (Lipinski definition) is 2. The molecule has 2 amide bonds. The zero-order valence-corrected chi connectivity index (χ0v) is 24.9. The molecule has 0 aromatic heterocycles. The Morgan fingerprint density at radius 1 is 0.900 bits per heavy atom. The lowest BCUT2D eigenvalue weighted by molar-refractivity contribution is 0.0218. The Morgan fingerprint density at radius 3 is 2.23 bits per heavy atom. The van der Waals surface area contributed by atoms with E-state index in [2.05, 4.69) is 21.2 Å². The molecule has 3 aromatic rings. The quantitative estimate of drug-likeness (QED) is 0.272. The number of aliphatic hydroxyl groups is 1. The highest BCUT2D eigenvalue weighted by molar-refractivity contribution is 9.10. The van der Waals surface area contributed by atoms with E-state index < -0.39 is 29.9 Å². The number of carbonyl (C=O) groups is 2. The van der Waals surface area contributed by atoms with Crippen LogP contribution < -0.4 is 10.1 Å². The number of halogens is 1. The first-order valence-corrected chi connectivity index (χ1v) is 13.8. The molecule has 0 fully saturated rings. The summed E-state index contributed by atoms with van der Waals surface area (Å²) in [6, 6.07) is 23.5. The molecule has 3 aromatic carbocycles. The number of nitrogens with zero attached hydrogens (tertiary/aromatic N) is 1. The first-order valence-electron chi connectivity index (χ1n) is 13.0. The first-order chi connectivity index (χ1) is 19.0. The average molecular weight is 614 g/mol.